The Morgan fingerprint density at radius 3 is 2.50 bits per heavy atom. The monoisotopic (exact) mass is 271 g/mol. The molecule has 0 aliphatic rings. The Labute approximate surface area is 109 Å². The number of phenols is 1. The molecule has 1 atom stereocenters. The van der Waals surface area contributed by atoms with Crippen molar-refractivity contribution in [3.63, 3.8) is 0 Å². The van der Waals surface area contributed by atoms with Crippen molar-refractivity contribution >= 4 is 9.84 Å². The minimum atomic E-state index is -3.10. The third-order valence-corrected chi connectivity index (χ3v) is 5.36. The van der Waals surface area contributed by atoms with E-state index in [1.807, 2.05) is 13.0 Å². The zero-order chi connectivity index (χ0) is 14.0. The van der Waals surface area contributed by atoms with E-state index in [1.54, 1.807) is 32.0 Å². The molecular weight excluding hydrogens is 250 g/mol. The average Bonchev–Trinajstić information content (AvgIpc) is 2.24. The number of hydrogen-bond donors (Lipinski definition) is 2. The molecule has 0 radical (unpaired) electrons. The molecule has 0 fully saturated rings. The molecule has 0 spiro atoms. The van der Waals surface area contributed by atoms with Gasteiger partial charge < -0.3 is 10.4 Å². The normalized spacial score (nSPS) is 14.4. The molecule has 1 rings (SSSR count). The maximum atomic E-state index is 11.6. The Morgan fingerprint density at radius 2 is 2.00 bits per heavy atom. The number of aromatic hydroxyl groups is 1. The zero-order valence-electron chi connectivity index (χ0n) is 11.3. The fourth-order valence-corrected chi connectivity index (χ4v) is 1.79. The molecule has 1 unspecified atom stereocenters. The summed E-state index contributed by atoms with van der Waals surface area (Å²) in [5.41, 5.74) is 0.930. The van der Waals surface area contributed by atoms with Crippen LogP contribution in [0.2, 0.25) is 0 Å². The summed E-state index contributed by atoms with van der Waals surface area (Å²) in [5.74, 6) is 0.212. The lowest BCUT2D eigenvalue weighted by Gasteiger charge is -2.25. The highest BCUT2D eigenvalue weighted by Crippen LogP contribution is 2.20. The minimum Gasteiger partial charge on any atom is -0.508 e. The molecule has 0 bridgehead atoms. The Kier molecular flexibility index (Phi) is 4.40. The van der Waals surface area contributed by atoms with Crippen LogP contribution in [0, 0.1) is 0 Å². The van der Waals surface area contributed by atoms with Crippen molar-refractivity contribution in [2.75, 3.05) is 12.8 Å². The van der Waals surface area contributed by atoms with Gasteiger partial charge in [0.25, 0.3) is 0 Å². The fraction of sp³-hybridized carbons (Fsp3) is 0.538. The number of phenolic OH excluding ortho intramolecular Hbond substituents is 1. The molecule has 0 heterocycles. The SMILES string of the molecule is CC(NCC(C)(C)S(C)(=O)=O)c1cccc(O)c1. The molecule has 0 amide bonds. The van der Waals surface area contributed by atoms with Crippen molar-refractivity contribution in [3.05, 3.63) is 29.8 Å². The summed E-state index contributed by atoms with van der Waals surface area (Å²) in [5, 5.41) is 12.6. The lowest BCUT2D eigenvalue weighted by Crippen LogP contribution is -2.42. The summed E-state index contributed by atoms with van der Waals surface area (Å²) in [4.78, 5) is 0. The van der Waals surface area contributed by atoms with Crippen LogP contribution in [-0.2, 0) is 9.84 Å². The highest BCUT2D eigenvalue weighted by Gasteiger charge is 2.30. The molecule has 0 aliphatic heterocycles. The van der Waals surface area contributed by atoms with Crippen LogP contribution >= 0.6 is 0 Å². The quantitative estimate of drug-likeness (QED) is 0.858. The van der Waals surface area contributed by atoms with Crippen molar-refractivity contribution in [2.24, 2.45) is 0 Å². The van der Waals surface area contributed by atoms with Crippen molar-refractivity contribution in [1.29, 1.82) is 0 Å². The summed E-state index contributed by atoms with van der Waals surface area (Å²) >= 11 is 0. The van der Waals surface area contributed by atoms with Crippen molar-refractivity contribution in [3.8, 4) is 5.75 Å². The molecular formula is C13H21NO3S. The second-order valence-corrected chi connectivity index (χ2v) is 7.88. The molecule has 18 heavy (non-hydrogen) atoms. The van der Waals surface area contributed by atoms with Gasteiger partial charge in [-0.15, -0.1) is 0 Å². The molecule has 0 aromatic heterocycles. The second-order valence-electron chi connectivity index (χ2n) is 5.23. The average molecular weight is 271 g/mol. The fourth-order valence-electron chi connectivity index (χ4n) is 1.44. The highest BCUT2D eigenvalue weighted by atomic mass is 32.2. The van der Waals surface area contributed by atoms with Crippen molar-refractivity contribution in [2.45, 2.75) is 31.6 Å². The number of nitrogens with one attached hydrogen (secondary N) is 1. The number of benzene rings is 1. The van der Waals surface area contributed by atoms with Gasteiger partial charge in [0.1, 0.15) is 5.75 Å². The Hall–Kier alpha value is -1.07. The van der Waals surface area contributed by atoms with Gasteiger partial charge in [-0.2, -0.15) is 0 Å². The first-order valence-corrected chi connectivity index (χ1v) is 7.74. The predicted octanol–water partition coefficient (Wildman–Crippen LogP) is 1.87. The van der Waals surface area contributed by atoms with E-state index in [-0.39, 0.29) is 11.8 Å². The van der Waals surface area contributed by atoms with Crippen molar-refractivity contribution in [1.82, 2.24) is 5.32 Å². The Bertz CT molecular complexity index is 509. The van der Waals surface area contributed by atoms with E-state index in [0.717, 1.165) is 5.56 Å². The molecule has 102 valence electrons. The first kappa shape index (κ1) is 15.0. The van der Waals surface area contributed by atoms with E-state index in [2.05, 4.69) is 5.32 Å². The van der Waals surface area contributed by atoms with E-state index in [0.29, 0.717) is 6.54 Å². The second kappa shape index (κ2) is 5.28. The molecule has 1 aromatic rings. The Morgan fingerprint density at radius 1 is 1.39 bits per heavy atom. The van der Waals surface area contributed by atoms with E-state index < -0.39 is 14.6 Å². The maximum Gasteiger partial charge on any atom is 0.153 e. The zero-order valence-corrected chi connectivity index (χ0v) is 12.1. The van der Waals surface area contributed by atoms with Crippen LogP contribution in [-0.4, -0.2) is 31.1 Å². The predicted molar refractivity (Wildman–Crippen MR) is 73.4 cm³/mol. The van der Waals surface area contributed by atoms with Gasteiger partial charge in [-0.3, -0.25) is 0 Å². The largest absolute Gasteiger partial charge is 0.508 e. The topological polar surface area (TPSA) is 66.4 Å². The lowest BCUT2D eigenvalue weighted by atomic mass is 10.1. The lowest BCUT2D eigenvalue weighted by molar-refractivity contribution is 0.467. The van der Waals surface area contributed by atoms with E-state index in [9.17, 15) is 13.5 Å². The van der Waals surface area contributed by atoms with Gasteiger partial charge in [0.05, 0.1) is 4.75 Å². The van der Waals surface area contributed by atoms with Gasteiger partial charge in [-0.1, -0.05) is 12.1 Å². The van der Waals surface area contributed by atoms with Gasteiger partial charge in [-0.05, 0) is 38.5 Å². The first-order valence-electron chi connectivity index (χ1n) is 5.85. The van der Waals surface area contributed by atoms with Crippen LogP contribution in [0.15, 0.2) is 24.3 Å². The number of rotatable bonds is 5. The molecule has 5 heteroatoms. The maximum absolute atomic E-state index is 11.6. The third kappa shape index (κ3) is 3.71. The number of sulfone groups is 1. The van der Waals surface area contributed by atoms with Gasteiger partial charge in [0.15, 0.2) is 9.84 Å². The van der Waals surface area contributed by atoms with Gasteiger partial charge in [0.2, 0.25) is 0 Å². The third-order valence-electron chi connectivity index (χ3n) is 3.21. The summed E-state index contributed by atoms with van der Waals surface area (Å²) in [6, 6.07) is 6.93. The van der Waals surface area contributed by atoms with Gasteiger partial charge >= 0.3 is 0 Å². The summed E-state index contributed by atoms with van der Waals surface area (Å²) < 4.78 is 22.3. The van der Waals surface area contributed by atoms with Crippen molar-refractivity contribution < 1.29 is 13.5 Å². The van der Waals surface area contributed by atoms with Crippen LogP contribution in [0.4, 0.5) is 0 Å². The summed E-state index contributed by atoms with van der Waals surface area (Å²) in [6.45, 7) is 5.70. The van der Waals surface area contributed by atoms with E-state index in [4.69, 9.17) is 0 Å². The van der Waals surface area contributed by atoms with Crippen LogP contribution in [0.1, 0.15) is 32.4 Å². The smallest absolute Gasteiger partial charge is 0.153 e. The van der Waals surface area contributed by atoms with Gasteiger partial charge in [0, 0.05) is 18.8 Å². The minimum absolute atomic E-state index is 0.0156. The summed E-state index contributed by atoms with van der Waals surface area (Å²) in [6.07, 6.45) is 1.24. The summed E-state index contributed by atoms with van der Waals surface area (Å²) in [7, 11) is -3.10. The molecule has 1 aromatic carbocycles. The van der Waals surface area contributed by atoms with E-state index >= 15 is 0 Å². The first-order chi connectivity index (χ1) is 8.13. The molecule has 0 saturated heterocycles. The number of hydrogen-bond acceptors (Lipinski definition) is 4. The molecule has 4 nitrogen and oxygen atoms in total. The van der Waals surface area contributed by atoms with Crippen LogP contribution in [0.3, 0.4) is 0 Å². The standard InChI is InChI=1S/C13H21NO3S/c1-10(11-6-5-7-12(15)8-11)14-9-13(2,3)18(4,16)17/h5-8,10,14-15H,9H2,1-4H3. The highest BCUT2D eigenvalue weighted by molar-refractivity contribution is 7.92. The molecule has 0 aliphatic carbocycles. The van der Waals surface area contributed by atoms with Crippen LogP contribution in [0.5, 0.6) is 5.75 Å². The Balaban J connectivity index is 2.70. The van der Waals surface area contributed by atoms with Gasteiger partial charge in [-0.25, -0.2) is 8.42 Å². The van der Waals surface area contributed by atoms with Crippen LogP contribution in [0.25, 0.3) is 0 Å². The van der Waals surface area contributed by atoms with Crippen LogP contribution < -0.4 is 5.32 Å². The molecule has 0 saturated carbocycles. The molecule has 2 N–H and O–H groups in total. The van der Waals surface area contributed by atoms with E-state index in [1.165, 1.54) is 6.26 Å².